The number of carbonyl (C=O) groups is 3. The third kappa shape index (κ3) is 12.4. The third-order valence-electron chi connectivity index (χ3n) is 7.10. The Labute approximate surface area is 295 Å². The van der Waals surface area contributed by atoms with Gasteiger partial charge >= 0.3 is 52.0 Å². The van der Waals surface area contributed by atoms with Crippen LogP contribution in [-0.2, 0) is 67.9 Å². The number of carbonyl (C=O) groups excluding carboxylic acids is 3. The van der Waals surface area contributed by atoms with Crippen molar-refractivity contribution < 1.29 is 43.9 Å². The number of aliphatic hydroxyl groups excluding tert-OH is 2. The number of hydrogen-bond acceptors (Lipinski definition) is 15. The van der Waals surface area contributed by atoms with Gasteiger partial charge in [-0.25, -0.2) is 56.2 Å². The number of hydrogen-bond donors (Lipinski definition) is 3. The van der Waals surface area contributed by atoms with Gasteiger partial charge in [-0.2, -0.15) is 0 Å². The van der Waals surface area contributed by atoms with Crippen molar-refractivity contribution in [2.75, 3.05) is 26.4 Å². The van der Waals surface area contributed by atoms with Crippen LogP contribution in [0.4, 0.5) is 0 Å². The molecule has 2 aromatic heterocycles. The van der Waals surface area contributed by atoms with Gasteiger partial charge in [0.2, 0.25) is 0 Å². The molecule has 1 atom stereocenters. The Balaban J connectivity index is 2.32. The van der Waals surface area contributed by atoms with Crippen LogP contribution in [0.2, 0.25) is 0 Å². The Bertz CT molecular complexity index is 1950. The Hall–Kier alpha value is -4.89. The molecule has 2 aromatic rings. The van der Waals surface area contributed by atoms with Gasteiger partial charge in [-0.15, -0.1) is 0 Å². The normalized spacial score (nSPS) is 12.4. The lowest BCUT2D eigenvalue weighted by Gasteiger charge is -2.20. The van der Waals surface area contributed by atoms with E-state index in [-0.39, 0.29) is 19.1 Å². The number of esters is 3. The molecule has 0 fully saturated rings. The molecule has 2 heterocycles. The molecule has 1 unspecified atom stereocenters. The zero-order valence-electron chi connectivity index (χ0n) is 30.2. The summed E-state index contributed by atoms with van der Waals surface area (Å²) in [6.45, 7) is 4.40. The molecule has 3 N–H and O–H groups in total. The molecule has 0 radical (unpaired) electrons. The molecule has 0 saturated heterocycles. The van der Waals surface area contributed by atoms with Crippen LogP contribution in [-0.4, -0.2) is 98.3 Å². The summed E-state index contributed by atoms with van der Waals surface area (Å²) in [5.41, 5.74) is -9.12. The summed E-state index contributed by atoms with van der Waals surface area (Å²) in [5, 5.41) is 28.6. The van der Waals surface area contributed by atoms with Gasteiger partial charge in [0.15, 0.2) is 0 Å². The van der Waals surface area contributed by atoms with Gasteiger partial charge in [0.25, 0.3) is 0 Å². The van der Waals surface area contributed by atoms with E-state index in [4.69, 9.17) is 19.3 Å². The molecule has 2 rings (SSSR count). The van der Waals surface area contributed by atoms with Gasteiger partial charge in [0.1, 0.15) is 12.2 Å². The summed E-state index contributed by atoms with van der Waals surface area (Å²) in [6.07, 6.45) is -1.53. The first-order valence-electron chi connectivity index (χ1n) is 16.5. The molecule has 0 saturated carbocycles. The maximum absolute atomic E-state index is 13.3. The van der Waals surface area contributed by atoms with Crippen LogP contribution >= 0.6 is 0 Å². The fraction of sp³-hybridized carbons (Fsp3) is 0.710. The first-order valence-corrected chi connectivity index (χ1v) is 16.5. The second-order valence-electron chi connectivity index (χ2n) is 13.6. The van der Waals surface area contributed by atoms with Crippen molar-refractivity contribution in [3.05, 3.63) is 62.9 Å². The molecule has 0 aliphatic rings. The molecular formula is C31H48N6O15. The molecule has 0 bridgehead atoms. The molecule has 0 aliphatic heterocycles. The average Bonchev–Trinajstić information content (AvgIpc) is 3.04. The van der Waals surface area contributed by atoms with Crippen LogP contribution < -0.4 is 34.1 Å². The fourth-order valence-corrected chi connectivity index (χ4v) is 4.63. The number of rotatable bonds is 19. The third-order valence-corrected chi connectivity index (χ3v) is 7.10. The minimum Gasteiger partial charge on any atom is -0.465 e. The van der Waals surface area contributed by atoms with Gasteiger partial charge in [0.05, 0.1) is 57.7 Å². The highest BCUT2D eigenvalue weighted by molar-refractivity contribution is 5.70. The highest BCUT2D eigenvalue weighted by atomic mass is 16.6. The van der Waals surface area contributed by atoms with Crippen LogP contribution in [0.3, 0.4) is 0 Å². The van der Waals surface area contributed by atoms with Gasteiger partial charge < -0.3 is 29.5 Å². The molecule has 0 spiro atoms. The lowest BCUT2D eigenvalue weighted by molar-refractivity contribution is -0.155. The molecule has 0 aromatic carbocycles. The monoisotopic (exact) mass is 744 g/mol. The van der Waals surface area contributed by atoms with E-state index in [1.54, 1.807) is 27.7 Å². The SMILES string of the molecule is CC(CO)COC(=O)CCn1c(=O)n(CCC(=O)OCCn2c(=O)n(CCO)c(=O)n(CC(C)(C)O)c2=O)c(=O)n(CCC(=O)OC(C)(C)C)c1=O. The van der Waals surface area contributed by atoms with E-state index in [0.29, 0.717) is 27.4 Å². The molecule has 0 aliphatic carbocycles. The molecule has 21 heteroatoms. The summed E-state index contributed by atoms with van der Waals surface area (Å²) < 4.78 is 18.8. The van der Waals surface area contributed by atoms with Crippen LogP contribution in [0.15, 0.2) is 28.8 Å². The summed E-state index contributed by atoms with van der Waals surface area (Å²) in [5.74, 6) is -2.91. The largest absolute Gasteiger partial charge is 0.465 e. The molecular weight excluding hydrogens is 696 g/mol. The van der Waals surface area contributed by atoms with Gasteiger partial charge in [-0.3, -0.25) is 14.4 Å². The minimum atomic E-state index is -1.54. The van der Waals surface area contributed by atoms with Crippen molar-refractivity contribution >= 4 is 17.9 Å². The van der Waals surface area contributed by atoms with Crippen LogP contribution in [0.1, 0.15) is 60.8 Å². The number of aliphatic hydroxyl groups is 3. The molecule has 292 valence electrons. The van der Waals surface area contributed by atoms with Crippen LogP contribution in [0.5, 0.6) is 0 Å². The first kappa shape index (κ1) is 43.3. The van der Waals surface area contributed by atoms with E-state index in [9.17, 15) is 53.4 Å². The van der Waals surface area contributed by atoms with Crippen molar-refractivity contribution in [1.82, 2.24) is 27.4 Å². The first-order chi connectivity index (χ1) is 24.1. The summed E-state index contributed by atoms with van der Waals surface area (Å²) in [7, 11) is 0. The lowest BCUT2D eigenvalue weighted by Crippen LogP contribution is -2.56. The van der Waals surface area contributed by atoms with Gasteiger partial charge in [-0.1, -0.05) is 6.92 Å². The summed E-state index contributed by atoms with van der Waals surface area (Å²) in [4.78, 5) is 116. The van der Waals surface area contributed by atoms with E-state index in [2.05, 4.69) is 0 Å². The van der Waals surface area contributed by atoms with Crippen molar-refractivity contribution in [1.29, 1.82) is 0 Å². The second-order valence-corrected chi connectivity index (χ2v) is 13.6. The van der Waals surface area contributed by atoms with Crippen molar-refractivity contribution in [3.8, 4) is 0 Å². The van der Waals surface area contributed by atoms with E-state index in [1.165, 1.54) is 13.8 Å². The van der Waals surface area contributed by atoms with Gasteiger partial charge in [0, 0.05) is 32.2 Å². The van der Waals surface area contributed by atoms with Gasteiger partial charge in [-0.05, 0) is 34.6 Å². The Kier molecular flexibility index (Phi) is 15.4. The van der Waals surface area contributed by atoms with E-state index >= 15 is 0 Å². The topological polar surface area (TPSA) is 272 Å². The molecule has 52 heavy (non-hydrogen) atoms. The average molecular weight is 745 g/mol. The predicted octanol–water partition coefficient (Wildman–Crippen LogP) is -3.65. The summed E-state index contributed by atoms with van der Waals surface area (Å²) in [6, 6.07) is 0. The zero-order valence-corrected chi connectivity index (χ0v) is 30.2. The van der Waals surface area contributed by atoms with Crippen LogP contribution in [0.25, 0.3) is 0 Å². The molecule has 21 nitrogen and oxygen atoms in total. The standard InChI is InChI=1S/C31H48N6O15/c1-20(17-39)18-51-22(41)8-11-33-24(43)32(25(44)34(26(33)45)12-9-23(42)52-30(2,3)4)10-7-21(40)50-16-14-36-27(46)35(13-15-38)28(47)37(29(36)48)19-31(5,6)49/h20,38-39,49H,7-19H2,1-6H3. The minimum absolute atomic E-state index is 0.121. The Morgan fingerprint density at radius 2 is 0.981 bits per heavy atom. The zero-order chi connectivity index (χ0) is 39.6. The number of ether oxygens (including phenoxy) is 3. The van der Waals surface area contributed by atoms with E-state index in [0.717, 1.165) is 0 Å². The van der Waals surface area contributed by atoms with Crippen molar-refractivity contribution in [2.45, 2.75) is 111 Å². The molecule has 0 amide bonds. The maximum atomic E-state index is 13.3. The predicted molar refractivity (Wildman–Crippen MR) is 180 cm³/mol. The second kappa shape index (κ2) is 18.6. The highest BCUT2D eigenvalue weighted by Crippen LogP contribution is 2.08. The van der Waals surface area contributed by atoms with E-state index < -0.39 is 135 Å². The lowest BCUT2D eigenvalue weighted by atomic mass is 10.1. The number of nitrogens with zero attached hydrogens (tertiary/aromatic N) is 6. The fourth-order valence-electron chi connectivity index (χ4n) is 4.63. The van der Waals surface area contributed by atoms with E-state index in [1.807, 2.05) is 0 Å². The van der Waals surface area contributed by atoms with Crippen LogP contribution in [0, 0.1) is 5.92 Å². The highest BCUT2D eigenvalue weighted by Gasteiger charge is 2.23. The maximum Gasteiger partial charge on any atom is 0.336 e. The number of aromatic nitrogens is 6. The van der Waals surface area contributed by atoms with Crippen molar-refractivity contribution in [3.63, 3.8) is 0 Å². The Morgan fingerprint density at radius 1 is 0.596 bits per heavy atom. The quantitative estimate of drug-likeness (QED) is 0.0924. The summed E-state index contributed by atoms with van der Waals surface area (Å²) >= 11 is 0. The smallest absolute Gasteiger partial charge is 0.336 e. The Morgan fingerprint density at radius 3 is 1.38 bits per heavy atom. The van der Waals surface area contributed by atoms with Crippen molar-refractivity contribution in [2.24, 2.45) is 5.92 Å².